The predicted octanol–water partition coefficient (Wildman–Crippen LogP) is 3.99. The van der Waals surface area contributed by atoms with E-state index >= 15 is 0 Å². The third kappa shape index (κ3) is 4.19. The maximum atomic E-state index is 6.13. The number of nitrogens with one attached hydrogen (secondary N) is 1. The highest BCUT2D eigenvalue weighted by molar-refractivity contribution is 5.25. The molecule has 3 rings (SSSR count). The Labute approximate surface area is 128 Å². The first-order valence-electron chi connectivity index (χ1n) is 8.61. The topological polar surface area (TPSA) is 34.1 Å². The number of hydrogen-bond acceptors (Lipinski definition) is 3. The molecule has 0 aromatic carbocycles. The molecule has 3 nitrogen and oxygen atoms in total. The van der Waals surface area contributed by atoms with Gasteiger partial charge in [-0.2, -0.15) is 0 Å². The van der Waals surface area contributed by atoms with Crippen LogP contribution in [0.4, 0.5) is 0 Å². The molecule has 21 heavy (non-hydrogen) atoms. The van der Waals surface area contributed by atoms with Gasteiger partial charge >= 0.3 is 0 Å². The zero-order valence-corrected chi connectivity index (χ0v) is 13.4. The van der Waals surface area contributed by atoms with Gasteiger partial charge in [-0.3, -0.25) is 0 Å². The van der Waals surface area contributed by atoms with Crippen molar-refractivity contribution in [3.8, 4) is 5.88 Å². The minimum atomic E-state index is 0.367. The summed E-state index contributed by atoms with van der Waals surface area (Å²) in [6.45, 7) is 5.31. The van der Waals surface area contributed by atoms with Crippen LogP contribution in [0.3, 0.4) is 0 Å². The fourth-order valence-corrected chi connectivity index (χ4v) is 3.25. The van der Waals surface area contributed by atoms with Gasteiger partial charge in [-0.1, -0.05) is 25.8 Å². The van der Waals surface area contributed by atoms with E-state index in [0.717, 1.165) is 30.1 Å². The second-order valence-corrected chi connectivity index (χ2v) is 6.73. The first-order valence-corrected chi connectivity index (χ1v) is 8.61. The molecule has 0 aliphatic heterocycles. The molecule has 1 aromatic rings. The summed E-state index contributed by atoms with van der Waals surface area (Å²) in [4.78, 5) is 4.65. The van der Waals surface area contributed by atoms with Crippen molar-refractivity contribution in [1.82, 2.24) is 10.3 Å². The maximum absolute atomic E-state index is 6.13. The Morgan fingerprint density at radius 3 is 2.81 bits per heavy atom. The summed E-state index contributed by atoms with van der Waals surface area (Å²) >= 11 is 0. The smallest absolute Gasteiger partial charge is 0.213 e. The van der Waals surface area contributed by atoms with Crippen molar-refractivity contribution in [3.05, 3.63) is 23.4 Å². The Morgan fingerprint density at radius 1 is 1.24 bits per heavy atom. The van der Waals surface area contributed by atoms with E-state index in [1.165, 1.54) is 50.5 Å². The standard InChI is InChI=1S/C18H28N2O/c1-3-14-5-4-6-17(11-14)21-18-10-7-15(13(2)20-18)12-19-16-8-9-16/h7,10,14,16-17,19H,3-6,8-9,11-12H2,1-2H3. The van der Waals surface area contributed by atoms with Crippen molar-refractivity contribution in [3.63, 3.8) is 0 Å². The zero-order chi connectivity index (χ0) is 14.7. The predicted molar refractivity (Wildman–Crippen MR) is 85.5 cm³/mol. The Morgan fingerprint density at radius 2 is 2.10 bits per heavy atom. The van der Waals surface area contributed by atoms with E-state index in [-0.39, 0.29) is 0 Å². The van der Waals surface area contributed by atoms with E-state index in [9.17, 15) is 0 Å². The molecule has 0 amide bonds. The molecule has 2 aliphatic carbocycles. The number of ether oxygens (including phenoxy) is 1. The number of nitrogens with zero attached hydrogens (tertiary/aromatic N) is 1. The van der Waals surface area contributed by atoms with Crippen LogP contribution in [0.15, 0.2) is 12.1 Å². The van der Waals surface area contributed by atoms with Crippen LogP contribution in [-0.4, -0.2) is 17.1 Å². The maximum Gasteiger partial charge on any atom is 0.213 e. The lowest BCUT2D eigenvalue weighted by Crippen LogP contribution is -2.25. The second kappa shape index (κ2) is 6.78. The molecular formula is C18H28N2O. The molecule has 0 spiro atoms. The molecular weight excluding hydrogens is 260 g/mol. The number of aromatic nitrogens is 1. The van der Waals surface area contributed by atoms with Crippen molar-refractivity contribution < 1.29 is 4.74 Å². The van der Waals surface area contributed by atoms with Gasteiger partial charge in [-0.15, -0.1) is 0 Å². The van der Waals surface area contributed by atoms with Gasteiger partial charge in [0.2, 0.25) is 5.88 Å². The van der Waals surface area contributed by atoms with E-state index in [0.29, 0.717) is 6.10 Å². The quantitative estimate of drug-likeness (QED) is 0.859. The Hall–Kier alpha value is -1.09. The van der Waals surface area contributed by atoms with Crippen LogP contribution in [0.5, 0.6) is 5.88 Å². The highest BCUT2D eigenvalue weighted by Gasteiger charge is 2.23. The summed E-state index contributed by atoms with van der Waals surface area (Å²) < 4.78 is 6.13. The molecule has 116 valence electrons. The average Bonchev–Trinajstić information content (AvgIpc) is 3.31. The SMILES string of the molecule is CCC1CCCC(Oc2ccc(CNC3CC3)c(C)n2)C1. The van der Waals surface area contributed by atoms with E-state index in [1.54, 1.807) is 0 Å². The van der Waals surface area contributed by atoms with Gasteiger partial charge in [0.05, 0.1) is 0 Å². The van der Waals surface area contributed by atoms with Crippen molar-refractivity contribution in [1.29, 1.82) is 0 Å². The van der Waals surface area contributed by atoms with Gasteiger partial charge in [-0.05, 0) is 50.5 Å². The summed E-state index contributed by atoms with van der Waals surface area (Å²) in [5.41, 5.74) is 2.40. The normalized spacial score (nSPS) is 25.8. The van der Waals surface area contributed by atoms with Crippen molar-refractivity contribution in [2.75, 3.05) is 0 Å². The van der Waals surface area contributed by atoms with Crippen LogP contribution in [-0.2, 0) is 6.54 Å². The lowest BCUT2D eigenvalue weighted by Gasteiger charge is -2.28. The molecule has 1 aromatic heterocycles. The summed E-state index contributed by atoms with van der Waals surface area (Å²) in [5, 5.41) is 3.55. The fourth-order valence-electron chi connectivity index (χ4n) is 3.25. The Balaban J connectivity index is 1.56. The number of aryl methyl sites for hydroxylation is 1. The monoisotopic (exact) mass is 288 g/mol. The van der Waals surface area contributed by atoms with Crippen LogP contribution >= 0.6 is 0 Å². The van der Waals surface area contributed by atoms with Crippen LogP contribution in [0.2, 0.25) is 0 Å². The summed E-state index contributed by atoms with van der Waals surface area (Å²) in [5.74, 6) is 1.65. The molecule has 1 N–H and O–H groups in total. The first kappa shape index (κ1) is 14.8. The summed E-state index contributed by atoms with van der Waals surface area (Å²) in [6.07, 6.45) is 9.34. The number of pyridine rings is 1. The van der Waals surface area contributed by atoms with E-state index in [1.807, 2.05) is 6.07 Å². The fraction of sp³-hybridized carbons (Fsp3) is 0.722. The molecule has 2 saturated carbocycles. The lowest BCUT2D eigenvalue weighted by atomic mass is 9.85. The largest absolute Gasteiger partial charge is 0.474 e. The van der Waals surface area contributed by atoms with Gasteiger partial charge in [0.1, 0.15) is 6.10 Å². The van der Waals surface area contributed by atoms with Crippen molar-refractivity contribution >= 4 is 0 Å². The summed E-state index contributed by atoms with van der Waals surface area (Å²) in [7, 11) is 0. The van der Waals surface area contributed by atoms with E-state index in [2.05, 4.69) is 30.2 Å². The number of rotatable bonds is 6. The van der Waals surface area contributed by atoms with Gasteiger partial charge < -0.3 is 10.1 Å². The summed E-state index contributed by atoms with van der Waals surface area (Å²) in [6, 6.07) is 4.97. The number of hydrogen-bond donors (Lipinski definition) is 1. The lowest BCUT2D eigenvalue weighted by molar-refractivity contribution is 0.117. The molecule has 0 saturated heterocycles. The molecule has 3 heteroatoms. The Bertz CT molecular complexity index is 470. The van der Waals surface area contributed by atoms with E-state index in [4.69, 9.17) is 4.74 Å². The molecule has 0 radical (unpaired) electrons. The molecule has 2 unspecified atom stereocenters. The van der Waals surface area contributed by atoms with Crippen LogP contribution in [0.25, 0.3) is 0 Å². The third-order valence-corrected chi connectivity index (χ3v) is 4.93. The average molecular weight is 288 g/mol. The highest BCUT2D eigenvalue weighted by Crippen LogP contribution is 2.29. The first-order chi connectivity index (χ1) is 10.2. The van der Waals surface area contributed by atoms with Gasteiger partial charge in [0.15, 0.2) is 0 Å². The van der Waals surface area contributed by atoms with Crippen LogP contribution in [0.1, 0.15) is 63.1 Å². The zero-order valence-electron chi connectivity index (χ0n) is 13.4. The van der Waals surface area contributed by atoms with Crippen LogP contribution in [0, 0.1) is 12.8 Å². The second-order valence-electron chi connectivity index (χ2n) is 6.73. The molecule has 0 bridgehead atoms. The molecule has 1 heterocycles. The third-order valence-electron chi connectivity index (χ3n) is 4.93. The van der Waals surface area contributed by atoms with Crippen molar-refractivity contribution in [2.24, 2.45) is 5.92 Å². The molecule has 2 aliphatic rings. The van der Waals surface area contributed by atoms with Crippen molar-refractivity contribution in [2.45, 2.75) is 77.5 Å². The molecule has 2 atom stereocenters. The molecule has 2 fully saturated rings. The minimum Gasteiger partial charge on any atom is -0.474 e. The van der Waals surface area contributed by atoms with Gasteiger partial charge in [0.25, 0.3) is 0 Å². The van der Waals surface area contributed by atoms with E-state index < -0.39 is 0 Å². The highest BCUT2D eigenvalue weighted by atomic mass is 16.5. The van der Waals surface area contributed by atoms with Crippen LogP contribution < -0.4 is 10.1 Å². The minimum absolute atomic E-state index is 0.367. The Kier molecular flexibility index (Phi) is 4.79. The van der Waals surface area contributed by atoms with Gasteiger partial charge in [0, 0.05) is 24.3 Å². The van der Waals surface area contributed by atoms with Gasteiger partial charge in [-0.25, -0.2) is 4.98 Å².